The molecule has 148 valence electrons. The lowest BCUT2D eigenvalue weighted by atomic mass is 10.2. The summed E-state index contributed by atoms with van der Waals surface area (Å²) in [6.45, 7) is 3.38. The first-order valence-electron chi connectivity index (χ1n) is 8.38. The highest BCUT2D eigenvalue weighted by Gasteiger charge is 2.27. The van der Waals surface area contributed by atoms with Crippen LogP contribution >= 0.6 is 24.0 Å². The van der Waals surface area contributed by atoms with Crippen molar-refractivity contribution < 1.29 is 18.3 Å². The minimum atomic E-state index is -0.531. The number of hydrogen-bond donors (Lipinski definition) is 2. The molecule has 1 fully saturated rings. The average molecular weight is 484 g/mol. The summed E-state index contributed by atoms with van der Waals surface area (Å²) in [5.74, 6) is -0.413. The highest BCUT2D eigenvalue weighted by Crippen LogP contribution is 2.26. The van der Waals surface area contributed by atoms with E-state index in [1.807, 2.05) is 0 Å². The highest BCUT2D eigenvalue weighted by molar-refractivity contribution is 14.0. The topological polar surface area (TPSA) is 58.1 Å². The molecule has 1 aromatic rings. The Morgan fingerprint density at radius 3 is 2.65 bits per heavy atom. The van der Waals surface area contributed by atoms with Gasteiger partial charge in [0, 0.05) is 39.8 Å². The van der Waals surface area contributed by atoms with Crippen LogP contribution in [0.3, 0.4) is 0 Å². The Morgan fingerprint density at radius 2 is 2.00 bits per heavy atom. The van der Waals surface area contributed by atoms with Crippen LogP contribution in [0.2, 0.25) is 0 Å². The van der Waals surface area contributed by atoms with Gasteiger partial charge in [-0.25, -0.2) is 8.78 Å². The lowest BCUT2D eigenvalue weighted by Crippen LogP contribution is -2.45. The van der Waals surface area contributed by atoms with E-state index in [4.69, 9.17) is 9.47 Å². The molecule has 0 spiro atoms. The molecule has 9 heteroatoms. The van der Waals surface area contributed by atoms with E-state index in [0.29, 0.717) is 45.4 Å². The standard InChI is InChI=1S/C17H26F2N4O2.HI/c1-20-17(21-7-9-25-11-10-24-2)22-13-6-8-23(12-13)16-14(18)4-3-5-15(16)19;/h3-5,13H,6-12H2,1-2H3,(H2,20,21,22);1H. The van der Waals surface area contributed by atoms with Gasteiger partial charge in [0.15, 0.2) is 5.96 Å². The second-order valence-corrected chi connectivity index (χ2v) is 5.75. The Balaban J connectivity index is 0.00000338. The minimum Gasteiger partial charge on any atom is -0.382 e. The van der Waals surface area contributed by atoms with Crippen LogP contribution < -0.4 is 15.5 Å². The number of halogens is 3. The fourth-order valence-electron chi connectivity index (χ4n) is 2.75. The molecule has 0 amide bonds. The third kappa shape index (κ3) is 6.84. The Hall–Kier alpha value is -1.20. The molecule has 0 bridgehead atoms. The molecule has 26 heavy (non-hydrogen) atoms. The molecular weight excluding hydrogens is 457 g/mol. The van der Waals surface area contributed by atoms with Crippen molar-refractivity contribution in [2.24, 2.45) is 4.99 Å². The Bertz CT molecular complexity index is 557. The smallest absolute Gasteiger partial charge is 0.191 e. The summed E-state index contributed by atoms with van der Waals surface area (Å²) in [7, 11) is 3.32. The molecule has 1 aromatic carbocycles. The fourth-order valence-corrected chi connectivity index (χ4v) is 2.75. The first-order chi connectivity index (χ1) is 12.2. The second kappa shape index (κ2) is 12.2. The normalized spacial score (nSPS) is 17.2. The molecule has 2 N–H and O–H groups in total. The predicted molar refractivity (Wildman–Crippen MR) is 110 cm³/mol. The zero-order valence-corrected chi connectivity index (χ0v) is 17.5. The molecule has 1 atom stereocenters. The summed E-state index contributed by atoms with van der Waals surface area (Å²) in [5, 5.41) is 6.44. The summed E-state index contributed by atoms with van der Waals surface area (Å²) in [5.41, 5.74) is 0.0429. The van der Waals surface area contributed by atoms with Crippen molar-refractivity contribution in [1.82, 2.24) is 10.6 Å². The third-order valence-electron chi connectivity index (χ3n) is 3.98. The maximum absolute atomic E-state index is 13.9. The van der Waals surface area contributed by atoms with Crippen LogP contribution in [0.5, 0.6) is 0 Å². The van der Waals surface area contributed by atoms with Crippen molar-refractivity contribution in [1.29, 1.82) is 0 Å². The molecule has 0 aromatic heterocycles. The van der Waals surface area contributed by atoms with Crippen molar-refractivity contribution in [3.05, 3.63) is 29.8 Å². The fraction of sp³-hybridized carbons (Fsp3) is 0.588. The monoisotopic (exact) mass is 484 g/mol. The second-order valence-electron chi connectivity index (χ2n) is 5.75. The SMILES string of the molecule is CN=C(NCCOCCOC)NC1CCN(c2c(F)cccc2F)C1.I. The Morgan fingerprint density at radius 1 is 1.27 bits per heavy atom. The van der Waals surface area contributed by atoms with Gasteiger partial charge in [0.05, 0.1) is 19.8 Å². The zero-order valence-electron chi connectivity index (χ0n) is 15.1. The lowest BCUT2D eigenvalue weighted by Gasteiger charge is -2.21. The van der Waals surface area contributed by atoms with Crippen LogP contribution in [-0.4, -0.2) is 65.6 Å². The van der Waals surface area contributed by atoms with Crippen molar-refractivity contribution >= 4 is 35.6 Å². The zero-order chi connectivity index (χ0) is 18.1. The number of hydrogen-bond acceptors (Lipinski definition) is 4. The number of nitrogens with zero attached hydrogens (tertiary/aromatic N) is 2. The molecule has 1 heterocycles. The first-order valence-corrected chi connectivity index (χ1v) is 8.38. The van der Waals surface area contributed by atoms with Gasteiger partial charge in [-0.05, 0) is 18.6 Å². The number of para-hydroxylation sites is 1. The molecule has 1 aliphatic heterocycles. The number of anilines is 1. The number of rotatable bonds is 8. The van der Waals surface area contributed by atoms with Gasteiger partial charge < -0.3 is 25.0 Å². The summed E-state index contributed by atoms with van der Waals surface area (Å²) in [6, 6.07) is 4.01. The van der Waals surface area contributed by atoms with Crippen molar-refractivity contribution in [3.8, 4) is 0 Å². The van der Waals surface area contributed by atoms with Crippen LogP contribution in [0, 0.1) is 11.6 Å². The average Bonchev–Trinajstić information content (AvgIpc) is 3.05. The number of nitrogens with one attached hydrogen (secondary N) is 2. The van der Waals surface area contributed by atoms with Gasteiger partial charge in [0.1, 0.15) is 17.3 Å². The number of benzene rings is 1. The molecule has 2 rings (SSSR count). The van der Waals surface area contributed by atoms with Crippen molar-refractivity contribution in [3.63, 3.8) is 0 Å². The van der Waals surface area contributed by atoms with Gasteiger partial charge in [0.2, 0.25) is 0 Å². The van der Waals surface area contributed by atoms with Crippen molar-refractivity contribution in [2.45, 2.75) is 12.5 Å². The predicted octanol–water partition coefficient (Wildman–Crippen LogP) is 1.99. The van der Waals surface area contributed by atoms with E-state index in [-0.39, 0.29) is 35.7 Å². The molecule has 1 unspecified atom stereocenters. The molecule has 6 nitrogen and oxygen atoms in total. The summed E-state index contributed by atoms with van der Waals surface area (Å²) < 4.78 is 38.1. The van der Waals surface area contributed by atoms with E-state index >= 15 is 0 Å². The van der Waals surface area contributed by atoms with Gasteiger partial charge in [0.25, 0.3) is 0 Å². The van der Waals surface area contributed by atoms with E-state index in [2.05, 4.69) is 15.6 Å². The van der Waals surface area contributed by atoms with Gasteiger partial charge in [-0.2, -0.15) is 0 Å². The van der Waals surface area contributed by atoms with Crippen LogP contribution in [0.15, 0.2) is 23.2 Å². The molecule has 0 saturated carbocycles. The minimum absolute atomic E-state index is 0. The summed E-state index contributed by atoms with van der Waals surface area (Å²) in [6.07, 6.45) is 0.777. The van der Waals surface area contributed by atoms with Gasteiger partial charge in [-0.1, -0.05) is 6.07 Å². The van der Waals surface area contributed by atoms with Gasteiger partial charge >= 0.3 is 0 Å². The largest absolute Gasteiger partial charge is 0.382 e. The molecule has 1 saturated heterocycles. The molecule has 0 radical (unpaired) electrons. The molecule has 0 aliphatic carbocycles. The third-order valence-corrected chi connectivity index (χ3v) is 3.98. The summed E-state index contributed by atoms with van der Waals surface area (Å²) in [4.78, 5) is 5.89. The van der Waals surface area contributed by atoms with Crippen LogP contribution in [0.1, 0.15) is 6.42 Å². The maximum Gasteiger partial charge on any atom is 0.191 e. The van der Waals surface area contributed by atoms with E-state index < -0.39 is 11.6 Å². The van der Waals surface area contributed by atoms with Crippen LogP contribution in [0.25, 0.3) is 0 Å². The number of guanidine groups is 1. The molecular formula is C17H27F2IN4O2. The summed E-state index contributed by atoms with van der Waals surface area (Å²) >= 11 is 0. The number of ether oxygens (including phenoxy) is 2. The van der Waals surface area contributed by atoms with Gasteiger partial charge in [-0.3, -0.25) is 4.99 Å². The van der Waals surface area contributed by atoms with Gasteiger partial charge in [-0.15, -0.1) is 24.0 Å². The quantitative estimate of drug-likeness (QED) is 0.256. The van der Waals surface area contributed by atoms with Crippen LogP contribution in [-0.2, 0) is 9.47 Å². The Labute approximate surface area is 170 Å². The van der Waals surface area contributed by atoms with E-state index in [0.717, 1.165) is 6.42 Å². The first kappa shape index (κ1) is 22.8. The van der Waals surface area contributed by atoms with Crippen LogP contribution in [0.4, 0.5) is 14.5 Å². The maximum atomic E-state index is 13.9. The van der Waals surface area contributed by atoms with E-state index in [1.165, 1.54) is 18.2 Å². The lowest BCUT2D eigenvalue weighted by molar-refractivity contribution is 0.0733. The molecule has 1 aliphatic rings. The number of aliphatic imine (C=N–C) groups is 1. The highest BCUT2D eigenvalue weighted by atomic mass is 127. The van der Waals surface area contributed by atoms with Crippen molar-refractivity contribution in [2.75, 3.05) is 58.5 Å². The number of methoxy groups -OCH3 is 1. The van der Waals surface area contributed by atoms with E-state index in [1.54, 1.807) is 19.1 Å². The van der Waals surface area contributed by atoms with E-state index in [9.17, 15) is 8.78 Å². The Kier molecular flexibility index (Phi) is 10.7.